The lowest BCUT2D eigenvalue weighted by molar-refractivity contribution is 0.414. The van der Waals surface area contributed by atoms with E-state index >= 15 is 0 Å². The van der Waals surface area contributed by atoms with Crippen molar-refractivity contribution < 1.29 is 4.74 Å². The molecule has 128 valence electrons. The van der Waals surface area contributed by atoms with Crippen LogP contribution in [0, 0.1) is 6.92 Å². The standard InChI is InChI=1S/C18H20N6O/c1-13-12-16(19-11-8-14-4-6-15(25-2)7-5-14)23-18(22-13)24-17-20-9-3-10-21-17/h3-7,9-10,12H,8,11H2,1-2H3,(H2,19,20,21,22,23,24). The van der Waals surface area contributed by atoms with Crippen LogP contribution in [-0.2, 0) is 6.42 Å². The second kappa shape index (κ2) is 8.05. The highest BCUT2D eigenvalue weighted by Gasteiger charge is 2.04. The van der Waals surface area contributed by atoms with E-state index in [1.807, 2.05) is 25.1 Å². The van der Waals surface area contributed by atoms with Crippen molar-refractivity contribution in [2.24, 2.45) is 0 Å². The Balaban J connectivity index is 1.60. The molecule has 0 spiro atoms. The molecule has 0 aliphatic rings. The van der Waals surface area contributed by atoms with Gasteiger partial charge in [-0.3, -0.25) is 5.32 Å². The Kier molecular flexibility index (Phi) is 5.36. The first-order chi connectivity index (χ1) is 12.2. The van der Waals surface area contributed by atoms with Gasteiger partial charge in [0, 0.05) is 30.7 Å². The van der Waals surface area contributed by atoms with Crippen molar-refractivity contribution in [2.75, 3.05) is 24.3 Å². The summed E-state index contributed by atoms with van der Waals surface area (Å²) in [5, 5.41) is 6.33. The summed E-state index contributed by atoms with van der Waals surface area (Å²) < 4.78 is 5.17. The molecule has 2 N–H and O–H groups in total. The summed E-state index contributed by atoms with van der Waals surface area (Å²) in [6, 6.07) is 11.7. The molecule has 0 aliphatic heterocycles. The number of anilines is 3. The molecule has 0 fully saturated rings. The van der Waals surface area contributed by atoms with Gasteiger partial charge in [-0.05, 0) is 37.1 Å². The molecular weight excluding hydrogens is 316 g/mol. The Bertz CT molecular complexity index is 808. The molecule has 0 saturated heterocycles. The van der Waals surface area contributed by atoms with Gasteiger partial charge in [-0.15, -0.1) is 0 Å². The van der Waals surface area contributed by atoms with Crippen molar-refractivity contribution in [3.63, 3.8) is 0 Å². The zero-order valence-electron chi connectivity index (χ0n) is 14.2. The number of nitrogens with zero attached hydrogens (tertiary/aromatic N) is 4. The van der Waals surface area contributed by atoms with E-state index in [1.54, 1.807) is 25.6 Å². The van der Waals surface area contributed by atoms with Gasteiger partial charge < -0.3 is 10.1 Å². The summed E-state index contributed by atoms with van der Waals surface area (Å²) in [6.07, 6.45) is 4.22. The summed E-state index contributed by atoms with van der Waals surface area (Å²) in [7, 11) is 1.67. The van der Waals surface area contributed by atoms with Crippen LogP contribution in [0.2, 0.25) is 0 Å². The van der Waals surface area contributed by atoms with Gasteiger partial charge in [-0.2, -0.15) is 4.98 Å². The molecule has 2 heterocycles. The van der Waals surface area contributed by atoms with E-state index in [2.05, 4.69) is 42.7 Å². The minimum absolute atomic E-state index is 0.470. The number of hydrogen-bond donors (Lipinski definition) is 2. The van der Waals surface area contributed by atoms with Crippen LogP contribution in [-0.4, -0.2) is 33.6 Å². The number of benzene rings is 1. The van der Waals surface area contributed by atoms with Crippen LogP contribution >= 0.6 is 0 Å². The number of nitrogens with one attached hydrogen (secondary N) is 2. The van der Waals surface area contributed by atoms with E-state index in [0.717, 1.165) is 30.2 Å². The molecule has 0 amide bonds. The molecule has 25 heavy (non-hydrogen) atoms. The predicted octanol–water partition coefficient (Wildman–Crippen LogP) is 2.98. The Hall–Kier alpha value is -3.22. The van der Waals surface area contributed by atoms with Gasteiger partial charge in [0.2, 0.25) is 11.9 Å². The molecule has 3 aromatic rings. The molecule has 0 atom stereocenters. The number of methoxy groups -OCH3 is 1. The van der Waals surface area contributed by atoms with E-state index in [-0.39, 0.29) is 0 Å². The largest absolute Gasteiger partial charge is 0.497 e. The summed E-state index contributed by atoms with van der Waals surface area (Å²) in [5.41, 5.74) is 2.09. The van der Waals surface area contributed by atoms with Gasteiger partial charge in [0.25, 0.3) is 0 Å². The molecule has 3 rings (SSSR count). The summed E-state index contributed by atoms with van der Waals surface area (Å²) in [4.78, 5) is 17.0. The van der Waals surface area contributed by atoms with Crippen molar-refractivity contribution in [1.29, 1.82) is 0 Å². The number of hydrogen-bond acceptors (Lipinski definition) is 7. The van der Waals surface area contributed by atoms with Crippen molar-refractivity contribution in [3.05, 3.63) is 60.0 Å². The molecule has 7 nitrogen and oxygen atoms in total. The number of aromatic nitrogens is 4. The molecule has 0 aliphatic carbocycles. The summed E-state index contributed by atoms with van der Waals surface area (Å²) >= 11 is 0. The summed E-state index contributed by atoms with van der Waals surface area (Å²) in [6.45, 7) is 2.69. The van der Waals surface area contributed by atoms with E-state index in [1.165, 1.54) is 5.56 Å². The maximum atomic E-state index is 5.17. The predicted molar refractivity (Wildman–Crippen MR) is 97.3 cm³/mol. The second-order valence-corrected chi connectivity index (χ2v) is 5.44. The maximum Gasteiger partial charge on any atom is 0.231 e. The maximum absolute atomic E-state index is 5.17. The van der Waals surface area contributed by atoms with Crippen molar-refractivity contribution in [1.82, 2.24) is 19.9 Å². The Morgan fingerprint density at radius 1 is 1.00 bits per heavy atom. The molecule has 1 aromatic carbocycles. The van der Waals surface area contributed by atoms with Gasteiger partial charge in [-0.1, -0.05) is 12.1 Å². The molecule has 0 unspecified atom stereocenters. The van der Waals surface area contributed by atoms with Gasteiger partial charge in [0.15, 0.2) is 0 Å². The van der Waals surface area contributed by atoms with Crippen molar-refractivity contribution in [2.45, 2.75) is 13.3 Å². The fourth-order valence-electron chi connectivity index (χ4n) is 2.31. The quantitative estimate of drug-likeness (QED) is 0.686. The smallest absolute Gasteiger partial charge is 0.231 e. The summed E-state index contributed by atoms with van der Waals surface area (Å²) in [5.74, 6) is 2.57. The molecule has 7 heteroatoms. The van der Waals surface area contributed by atoms with Crippen LogP contribution in [0.3, 0.4) is 0 Å². The topological polar surface area (TPSA) is 84.9 Å². The van der Waals surface area contributed by atoms with E-state index in [0.29, 0.717) is 11.9 Å². The zero-order chi connectivity index (χ0) is 17.5. The van der Waals surface area contributed by atoms with Crippen molar-refractivity contribution in [3.8, 4) is 5.75 Å². The normalized spacial score (nSPS) is 10.3. The number of aryl methyl sites for hydroxylation is 1. The van der Waals surface area contributed by atoms with Crippen LogP contribution in [0.4, 0.5) is 17.7 Å². The third-order valence-corrected chi connectivity index (χ3v) is 3.52. The first-order valence-corrected chi connectivity index (χ1v) is 7.99. The van der Waals surface area contributed by atoms with Crippen LogP contribution in [0.1, 0.15) is 11.3 Å². The van der Waals surface area contributed by atoms with E-state index in [9.17, 15) is 0 Å². The first-order valence-electron chi connectivity index (χ1n) is 7.99. The molecule has 0 bridgehead atoms. The van der Waals surface area contributed by atoms with Gasteiger partial charge in [0.05, 0.1) is 7.11 Å². The monoisotopic (exact) mass is 336 g/mol. The minimum atomic E-state index is 0.470. The second-order valence-electron chi connectivity index (χ2n) is 5.44. The first kappa shape index (κ1) is 16.6. The van der Waals surface area contributed by atoms with Gasteiger partial charge >= 0.3 is 0 Å². The van der Waals surface area contributed by atoms with Crippen LogP contribution in [0.15, 0.2) is 48.8 Å². The van der Waals surface area contributed by atoms with Gasteiger partial charge in [0.1, 0.15) is 11.6 Å². The zero-order valence-corrected chi connectivity index (χ0v) is 14.2. The van der Waals surface area contributed by atoms with E-state index in [4.69, 9.17) is 4.74 Å². The third kappa shape index (κ3) is 4.87. The molecule has 0 radical (unpaired) electrons. The lowest BCUT2D eigenvalue weighted by Gasteiger charge is -2.09. The fraction of sp³-hybridized carbons (Fsp3) is 0.222. The van der Waals surface area contributed by atoms with E-state index < -0.39 is 0 Å². The van der Waals surface area contributed by atoms with Crippen molar-refractivity contribution >= 4 is 17.7 Å². The highest BCUT2D eigenvalue weighted by molar-refractivity contribution is 5.48. The molecular formula is C18H20N6O. The molecule has 0 saturated carbocycles. The highest BCUT2D eigenvalue weighted by Crippen LogP contribution is 2.14. The SMILES string of the molecule is COc1ccc(CCNc2cc(C)nc(Nc3ncccn3)n2)cc1. The minimum Gasteiger partial charge on any atom is -0.497 e. The lowest BCUT2D eigenvalue weighted by atomic mass is 10.1. The Morgan fingerprint density at radius 3 is 2.48 bits per heavy atom. The average Bonchev–Trinajstić information content (AvgIpc) is 2.63. The Labute approximate surface area is 146 Å². The van der Waals surface area contributed by atoms with Crippen LogP contribution < -0.4 is 15.4 Å². The lowest BCUT2D eigenvalue weighted by Crippen LogP contribution is -2.09. The highest BCUT2D eigenvalue weighted by atomic mass is 16.5. The number of rotatable bonds is 7. The number of ether oxygens (including phenoxy) is 1. The Morgan fingerprint density at radius 2 is 1.76 bits per heavy atom. The van der Waals surface area contributed by atoms with Gasteiger partial charge in [-0.25, -0.2) is 15.0 Å². The third-order valence-electron chi connectivity index (χ3n) is 3.52. The fourth-order valence-corrected chi connectivity index (χ4v) is 2.31. The van der Waals surface area contributed by atoms with Crippen LogP contribution in [0.25, 0.3) is 0 Å². The average molecular weight is 336 g/mol. The molecule has 2 aromatic heterocycles. The van der Waals surface area contributed by atoms with Crippen LogP contribution in [0.5, 0.6) is 5.75 Å².